The number of aromatic nitrogens is 1. The lowest BCUT2D eigenvalue weighted by molar-refractivity contribution is -0.0525. The molecule has 11 heteroatoms. The van der Waals surface area contributed by atoms with Crippen LogP contribution in [0.1, 0.15) is 52.0 Å². The molecule has 1 N–H and O–H groups in total. The molecule has 1 fully saturated rings. The Balaban J connectivity index is 0.00000235. The molecule has 0 saturated carbocycles. The molecule has 1 aromatic heterocycles. The number of anilines is 2. The number of halogens is 4. The van der Waals surface area contributed by atoms with E-state index in [9.17, 15) is 22.4 Å². The first-order valence-corrected chi connectivity index (χ1v) is 12.4. The normalized spacial score (nSPS) is 14.4. The van der Waals surface area contributed by atoms with Gasteiger partial charge in [0.05, 0.1) is 13.7 Å². The summed E-state index contributed by atoms with van der Waals surface area (Å²) in [5.41, 5.74) is 1.55. The first-order chi connectivity index (χ1) is 17.7. The van der Waals surface area contributed by atoms with Crippen molar-refractivity contribution in [2.75, 3.05) is 37.0 Å². The number of ether oxygens (including phenoxy) is 2. The number of para-hydroxylation sites is 1. The minimum Gasteiger partial charge on any atom is -0.481 e. The predicted octanol–water partition coefficient (Wildman–Crippen LogP) is 6.61. The van der Waals surface area contributed by atoms with Gasteiger partial charge in [0, 0.05) is 30.9 Å². The van der Waals surface area contributed by atoms with Crippen LogP contribution in [-0.4, -0.2) is 61.7 Å². The summed E-state index contributed by atoms with van der Waals surface area (Å²) in [6.45, 7) is 5.36. The van der Waals surface area contributed by atoms with E-state index in [-0.39, 0.29) is 30.1 Å². The van der Waals surface area contributed by atoms with Crippen molar-refractivity contribution < 1.29 is 31.8 Å². The topological polar surface area (TPSA) is 66.9 Å². The molecule has 0 bridgehead atoms. The summed E-state index contributed by atoms with van der Waals surface area (Å²) in [4.78, 5) is 20.8. The van der Waals surface area contributed by atoms with E-state index in [0.717, 1.165) is 5.56 Å². The number of carbonyl (C=O) groups excluding carboxylic acids is 1. The molecule has 0 unspecified atom stereocenters. The van der Waals surface area contributed by atoms with Crippen molar-refractivity contribution in [1.82, 2.24) is 9.88 Å². The van der Waals surface area contributed by atoms with Crippen molar-refractivity contribution in [1.29, 1.82) is 0 Å². The van der Waals surface area contributed by atoms with E-state index >= 15 is 0 Å². The third-order valence-electron chi connectivity index (χ3n) is 5.84. The maximum Gasteiger partial charge on any atom is 0.388 e. The number of hydrogen-bond donors (Lipinski definition) is 1. The standard InChI is InChI=1S/C24H30F4N4O3.C2H6/c1-15(2)17-6-4-5-7-19(17)32(16-10-12-31(13-11-16)14-20(25)26)24(33)29-18-8-9-21(34-3)30-22(18)35-23(27)28;1-2/h4-9,15-16,20,23H,10-14H2,1-3H3,(H,29,33);1-2H3. The highest BCUT2D eigenvalue weighted by Crippen LogP contribution is 2.33. The van der Waals surface area contributed by atoms with Crippen LogP contribution in [-0.2, 0) is 0 Å². The van der Waals surface area contributed by atoms with Gasteiger partial charge in [-0.3, -0.25) is 9.80 Å². The Morgan fingerprint density at radius 1 is 1.11 bits per heavy atom. The minimum absolute atomic E-state index is 0.0433. The zero-order valence-electron chi connectivity index (χ0n) is 21.9. The van der Waals surface area contributed by atoms with E-state index in [1.165, 1.54) is 19.2 Å². The summed E-state index contributed by atoms with van der Waals surface area (Å²) >= 11 is 0. The zero-order valence-corrected chi connectivity index (χ0v) is 21.9. The molecule has 3 rings (SSSR count). The number of likely N-dealkylation sites (tertiary alicyclic amines) is 1. The molecule has 2 heterocycles. The number of amides is 2. The number of methoxy groups -OCH3 is 1. The molecule has 0 radical (unpaired) electrons. The summed E-state index contributed by atoms with van der Waals surface area (Å²) in [7, 11) is 1.33. The molecule has 1 aliphatic rings. The quantitative estimate of drug-likeness (QED) is 0.371. The Hall–Kier alpha value is -3.08. The number of carbonyl (C=O) groups is 1. The van der Waals surface area contributed by atoms with Gasteiger partial charge in [-0.05, 0) is 36.5 Å². The molecular weight excluding hydrogens is 492 g/mol. The molecule has 37 heavy (non-hydrogen) atoms. The largest absolute Gasteiger partial charge is 0.481 e. The number of nitrogens with zero attached hydrogens (tertiary/aromatic N) is 3. The Bertz CT molecular complexity index is 986. The van der Waals surface area contributed by atoms with Gasteiger partial charge < -0.3 is 14.8 Å². The van der Waals surface area contributed by atoms with Crippen molar-refractivity contribution in [3.63, 3.8) is 0 Å². The van der Waals surface area contributed by atoms with Gasteiger partial charge in [0.25, 0.3) is 6.43 Å². The van der Waals surface area contributed by atoms with Crippen molar-refractivity contribution >= 4 is 17.4 Å². The van der Waals surface area contributed by atoms with Crippen LogP contribution >= 0.6 is 0 Å². The average Bonchev–Trinajstić information content (AvgIpc) is 2.87. The van der Waals surface area contributed by atoms with Crippen molar-refractivity contribution in [3.05, 3.63) is 42.0 Å². The van der Waals surface area contributed by atoms with Crippen molar-refractivity contribution in [3.8, 4) is 11.8 Å². The van der Waals surface area contributed by atoms with Gasteiger partial charge >= 0.3 is 12.6 Å². The monoisotopic (exact) mass is 528 g/mol. The lowest BCUT2D eigenvalue weighted by atomic mass is 9.97. The first kappa shape index (κ1) is 30.1. The van der Waals surface area contributed by atoms with Gasteiger partial charge in [-0.1, -0.05) is 45.9 Å². The molecule has 1 aromatic carbocycles. The minimum atomic E-state index is -3.15. The second kappa shape index (κ2) is 14.6. The predicted molar refractivity (Wildman–Crippen MR) is 136 cm³/mol. The molecule has 7 nitrogen and oxygen atoms in total. The van der Waals surface area contributed by atoms with E-state index in [1.54, 1.807) is 9.80 Å². The summed E-state index contributed by atoms with van der Waals surface area (Å²) in [6, 6.07) is 9.39. The molecule has 1 saturated heterocycles. The third kappa shape index (κ3) is 8.48. The highest BCUT2D eigenvalue weighted by atomic mass is 19.3. The molecule has 0 spiro atoms. The fraction of sp³-hybridized carbons (Fsp3) is 0.538. The van der Waals surface area contributed by atoms with Crippen LogP contribution in [0.15, 0.2) is 36.4 Å². The zero-order chi connectivity index (χ0) is 27.5. The lowest BCUT2D eigenvalue weighted by Crippen LogP contribution is -2.50. The summed E-state index contributed by atoms with van der Waals surface area (Å²) in [6.07, 6.45) is -1.47. The number of pyridine rings is 1. The van der Waals surface area contributed by atoms with Crippen LogP contribution < -0.4 is 19.7 Å². The van der Waals surface area contributed by atoms with E-state index in [0.29, 0.717) is 31.6 Å². The molecule has 206 valence electrons. The van der Waals surface area contributed by atoms with Crippen molar-refractivity contribution in [2.24, 2.45) is 0 Å². The Labute approximate surface area is 215 Å². The fourth-order valence-corrected chi connectivity index (χ4v) is 4.20. The Kier molecular flexibility index (Phi) is 11.9. The smallest absolute Gasteiger partial charge is 0.388 e. The summed E-state index contributed by atoms with van der Waals surface area (Å²) in [5.74, 6) is -0.329. The molecule has 2 aromatic rings. The van der Waals surface area contributed by atoms with Crippen molar-refractivity contribution in [2.45, 2.75) is 65.5 Å². The second-order valence-corrected chi connectivity index (χ2v) is 8.52. The third-order valence-corrected chi connectivity index (χ3v) is 5.84. The lowest BCUT2D eigenvalue weighted by Gasteiger charge is -2.39. The maximum atomic E-state index is 13.6. The van der Waals surface area contributed by atoms with Crippen LogP contribution in [0, 0.1) is 0 Å². The molecule has 1 aliphatic heterocycles. The van der Waals surface area contributed by atoms with E-state index < -0.39 is 24.9 Å². The van der Waals surface area contributed by atoms with Crippen LogP contribution in [0.3, 0.4) is 0 Å². The van der Waals surface area contributed by atoms with Gasteiger partial charge in [0.1, 0.15) is 5.69 Å². The summed E-state index contributed by atoms with van der Waals surface area (Å²) < 4.78 is 61.1. The van der Waals surface area contributed by atoms with Gasteiger partial charge in [-0.2, -0.15) is 13.8 Å². The van der Waals surface area contributed by atoms with Crippen LogP contribution in [0.2, 0.25) is 0 Å². The number of urea groups is 1. The fourth-order valence-electron chi connectivity index (χ4n) is 4.20. The number of hydrogen-bond acceptors (Lipinski definition) is 5. The molecule has 2 amide bonds. The van der Waals surface area contributed by atoms with Gasteiger partial charge in [-0.15, -0.1) is 0 Å². The number of piperidine rings is 1. The summed E-state index contributed by atoms with van der Waals surface area (Å²) in [5, 5.41) is 2.65. The SMILES string of the molecule is CC.COc1ccc(NC(=O)N(c2ccccc2C(C)C)C2CCN(CC(F)F)CC2)c(OC(F)F)n1. The molecule has 0 aliphatic carbocycles. The van der Waals surface area contributed by atoms with Crippen LogP contribution in [0.5, 0.6) is 11.8 Å². The van der Waals surface area contributed by atoms with E-state index in [2.05, 4.69) is 15.0 Å². The van der Waals surface area contributed by atoms with Gasteiger partial charge in [0.15, 0.2) is 0 Å². The van der Waals surface area contributed by atoms with Crippen LogP contribution in [0.25, 0.3) is 0 Å². The highest BCUT2D eigenvalue weighted by Gasteiger charge is 2.32. The highest BCUT2D eigenvalue weighted by molar-refractivity contribution is 6.03. The Morgan fingerprint density at radius 2 is 1.76 bits per heavy atom. The number of benzene rings is 1. The van der Waals surface area contributed by atoms with Gasteiger partial charge in [0.2, 0.25) is 11.8 Å². The number of nitrogens with one attached hydrogen (secondary N) is 1. The maximum absolute atomic E-state index is 13.6. The van der Waals surface area contributed by atoms with E-state index in [4.69, 9.17) is 4.74 Å². The molecular formula is C26H36F4N4O3. The van der Waals surface area contributed by atoms with Gasteiger partial charge in [-0.25, -0.2) is 13.6 Å². The average molecular weight is 529 g/mol. The molecule has 0 atom stereocenters. The first-order valence-electron chi connectivity index (χ1n) is 12.4. The van der Waals surface area contributed by atoms with E-state index in [1.807, 2.05) is 52.0 Å². The number of rotatable bonds is 9. The Morgan fingerprint density at radius 3 is 2.32 bits per heavy atom. The number of alkyl halides is 4. The van der Waals surface area contributed by atoms with Crippen LogP contribution in [0.4, 0.5) is 33.7 Å². The second-order valence-electron chi connectivity index (χ2n) is 8.52.